The number of hydrogen-bond donors (Lipinski definition) is 1. The minimum atomic E-state index is -0.0807. The molecule has 0 unspecified atom stereocenters. The molecule has 3 aliphatic rings. The van der Waals surface area contributed by atoms with Gasteiger partial charge in [0.25, 0.3) is 5.88 Å². The summed E-state index contributed by atoms with van der Waals surface area (Å²) in [5.41, 5.74) is 0.992. The fourth-order valence-electron chi connectivity index (χ4n) is 4.26. The molecular weight excluding hydrogens is 304 g/mol. The van der Waals surface area contributed by atoms with E-state index in [1.807, 2.05) is 19.2 Å². The van der Waals surface area contributed by atoms with Crippen molar-refractivity contribution >= 4 is 5.57 Å². The Morgan fingerprint density at radius 1 is 1.17 bits per heavy atom. The van der Waals surface area contributed by atoms with Crippen LogP contribution in [0.15, 0.2) is 28.6 Å². The van der Waals surface area contributed by atoms with Crippen LogP contribution in [0.25, 0.3) is 5.57 Å². The van der Waals surface area contributed by atoms with Crippen LogP contribution in [0, 0.1) is 11.8 Å². The van der Waals surface area contributed by atoms with Crippen LogP contribution in [-0.2, 0) is 4.74 Å². The Balaban J connectivity index is 1.32. The lowest BCUT2D eigenvalue weighted by molar-refractivity contribution is -0.0408. The van der Waals surface area contributed by atoms with E-state index in [4.69, 9.17) is 9.26 Å². The van der Waals surface area contributed by atoms with Crippen LogP contribution >= 0.6 is 0 Å². The molecule has 5 heteroatoms. The van der Waals surface area contributed by atoms with Gasteiger partial charge in [0.15, 0.2) is 11.6 Å². The minimum Gasteiger partial charge on any atom is -0.491 e. The van der Waals surface area contributed by atoms with Crippen LogP contribution < -0.4 is 0 Å². The van der Waals surface area contributed by atoms with Gasteiger partial charge in [-0.15, -0.1) is 0 Å². The van der Waals surface area contributed by atoms with E-state index in [0.717, 1.165) is 23.3 Å². The first-order valence-corrected chi connectivity index (χ1v) is 9.14. The van der Waals surface area contributed by atoms with E-state index < -0.39 is 0 Å². The Morgan fingerprint density at radius 2 is 1.96 bits per heavy atom. The molecule has 1 aliphatic heterocycles. The van der Waals surface area contributed by atoms with E-state index in [-0.39, 0.29) is 5.88 Å². The number of allylic oxidation sites excluding steroid dienone is 2. The van der Waals surface area contributed by atoms with Gasteiger partial charge < -0.3 is 19.3 Å². The summed E-state index contributed by atoms with van der Waals surface area (Å²) in [6.45, 7) is 0.694. The molecule has 0 aromatic carbocycles. The molecule has 5 nitrogen and oxygen atoms in total. The Bertz CT molecular complexity index is 637. The Hall–Kier alpha value is -1.91. The summed E-state index contributed by atoms with van der Waals surface area (Å²) >= 11 is 0. The summed E-state index contributed by atoms with van der Waals surface area (Å²) in [4.78, 5) is 2.09. The molecule has 1 aromatic rings. The van der Waals surface area contributed by atoms with Crippen molar-refractivity contribution in [3.8, 4) is 5.88 Å². The van der Waals surface area contributed by atoms with Crippen LogP contribution in [-0.4, -0.2) is 34.9 Å². The zero-order valence-corrected chi connectivity index (χ0v) is 14.3. The van der Waals surface area contributed by atoms with Crippen molar-refractivity contribution in [1.82, 2.24) is 10.1 Å². The summed E-state index contributed by atoms with van der Waals surface area (Å²) in [5, 5.41) is 12.8. The lowest BCUT2D eigenvalue weighted by atomic mass is 9.68. The number of hydrogen-bond acceptors (Lipinski definition) is 5. The molecule has 0 saturated heterocycles. The predicted octanol–water partition coefficient (Wildman–Crippen LogP) is 3.93. The highest BCUT2D eigenvalue weighted by atomic mass is 16.5. The third-order valence-electron chi connectivity index (χ3n) is 5.76. The largest absolute Gasteiger partial charge is 0.491 e. The van der Waals surface area contributed by atoms with Crippen molar-refractivity contribution in [2.45, 2.75) is 51.0 Å². The number of aromatic nitrogens is 1. The molecule has 130 valence electrons. The number of rotatable bonds is 4. The van der Waals surface area contributed by atoms with Crippen LogP contribution in [0.4, 0.5) is 0 Å². The fourth-order valence-corrected chi connectivity index (χ4v) is 4.26. The number of ether oxygens (including phenoxy) is 1. The van der Waals surface area contributed by atoms with E-state index in [0.29, 0.717) is 18.4 Å². The maximum absolute atomic E-state index is 9.31. The summed E-state index contributed by atoms with van der Waals surface area (Å²) in [5.74, 6) is 3.28. The summed E-state index contributed by atoms with van der Waals surface area (Å²) < 4.78 is 11.3. The lowest BCUT2D eigenvalue weighted by Gasteiger charge is -2.43. The zero-order chi connectivity index (χ0) is 16.5. The van der Waals surface area contributed by atoms with Crippen LogP contribution in [0.3, 0.4) is 0 Å². The summed E-state index contributed by atoms with van der Waals surface area (Å²) in [6, 6.07) is 1.54. The molecule has 1 N–H and O–H groups in total. The van der Waals surface area contributed by atoms with Gasteiger partial charge in [-0.25, -0.2) is 0 Å². The second-order valence-corrected chi connectivity index (χ2v) is 7.47. The Morgan fingerprint density at radius 3 is 2.62 bits per heavy atom. The monoisotopic (exact) mass is 330 g/mol. The standard InChI is InChI=1S/C19H26N2O3/c1-21-12-14(17-11-18(22)20-24-17)7-8-19(21)23-16-9-15(10-16)13-5-3-2-4-6-13/h7-8,11,13,15-16H,2-6,9-10,12H2,1H3,(H,20,22)/t15-,16+. The molecule has 2 heterocycles. The Labute approximate surface area is 143 Å². The average molecular weight is 330 g/mol. The van der Waals surface area contributed by atoms with E-state index >= 15 is 0 Å². The third kappa shape index (κ3) is 3.17. The van der Waals surface area contributed by atoms with Crippen molar-refractivity contribution in [2.24, 2.45) is 11.8 Å². The topological polar surface area (TPSA) is 58.7 Å². The van der Waals surface area contributed by atoms with E-state index in [1.54, 1.807) is 6.07 Å². The van der Waals surface area contributed by atoms with Crippen LogP contribution in [0.1, 0.15) is 50.7 Å². The van der Waals surface area contributed by atoms with Crippen molar-refractivity contribution in [3.05, 3.63) is 29.9 Å². The minimum absolute atomic E-state index is 0.0807. The lowest BCUT2D eigenvalue weighted by Crippen LogP contribution is -2.38. The molecule has 0 atom stereocenters. The van der Waals surface area contributed by atoms with Gasteiger partial charge in [0, 0.05) is 25.2 Å². The quantitative estimate of drug-likeness (QED) is 0.906. The molecule has 2 fully saturated rings. The van der Waals surface area contributed by atoms with Gasteiger partial charge in [0.05, 0.1) is 0 Å². The van der Waals surface area contributed by atoms with Crippen LogP contribution in [0.2, 0.25) is 0 Å². The zero-order valence-electron chi connectivity index (χ0n) is 14.3. The van der Waals surface area contributed by atoms with Gasteiger partial charge in [0.2, 0.25) is 0 Å². The number of aromatic hydroxyl groups is 1. The highest BCUT2D eigenvalue weighted by Crippen LogP contribution is 2.43. The normalized spacial score (nSPS) is 28.1. The first-order chi connectivity index (χ1) is 11.7. The smallest absolute Gasteiger partial charge is 0.252 e. The molecule has 1 aromatic heterocycles. The number of likely N-dealkylation sites (N-methyl/N-ethyl adjacent to an activating group) is 1. The number of nitrogens with zero attached hydrogens (tertiary/aromatic N) is 2. The second-order valence-electron chi connectivity index (χ2n) is 7.47. The SMILES string of the molecule is CN1CC(c2cc(O)no2)=CC=C1O[C@H]1C[C@@H](C2CCCCC2)C1. The second kappa shape index (κ2) is 6.54. The van der Waals surface area contributed by atoms with Gasteiger partial charge >= 0.3 is 0 Å². The van der Waals surface area contributed by atoms with Gasteiger partial charge in [0.1, 0.15) is 6.10 Å². The van der Waals surface area contributed by atoms with Crippen LogP contribution in [0.5, 0.6) is 5.88 Å². The molecule has 0 amide bonds. The maximum Gasteiger partial charge on any atom is 0.252 e. The van der Waals surface area contributed by atoms with Gasteiger partial charge in [-0.05, 0) is 42.0 Å². The van der Waals surface area contributed by atoms with Crippen molar-refractivity contribution in [3.63, 3.8) is 0 Å². The van der Waals surface area contributed by atoms with Gasteiger partial charge in [-0.1, -0.05) is 32.1 Å². The van der Waals surface area contributed by atoms with Crippen molar-refractivity contribution in [1.29, 1.82) is 0 Å². The molecule has 2 aliphatic carbocycles. The molecule has 0 spiro atoms. The van der Waals surface area contributed by atoms with E-state index in [9.17, 15) is 5.11 Å². The van der Waals surface area contributed by atoms with Gasteiger partial charge in [-0.3, -0.25) is 0 Å². The highest BCUT2D eigenvalue weighted by Gasteiger charge is 2.37. The Kier molecular flexibility index (Phi) is 4.25. The molecule has 24 heavy (non-hydrogen) atoms. The van der Waals surface area contributed by atoms with Crippen molar-refractivity contribution in [2.75, 3.05) is 13.6 Å². The molecule has 0 bridgehead atoms. The summed E-state index contributed by atoms with van der Waals surface area (Å²) in [7, 11) is 2.02. The maximum atomic E-state index is 9.31. The molecule has 2 saturated carbocycles. The van der Waals surface area contributed by atoms with E-state index in [1.165, 1.54) is 44.9 Å². The van der Waals surface area contributed by atoms with E-state index in [2.05, 4.69) is 10.1 Å². The average Bonchev–Trinajstić information content (AvgIpc) is 2.99. The molecular formula is C19H26N2O3. The summed E-state index contributed by atoms with van der Waals surface area (Å²) in [6.07, 6.45) is 13.9. The first-order valence-electron chi connectivity index (χ1n) is 9.14. The molecule has 0 radical (unpaired) electrons. The first kappa shape index (κ1) is 15.6. The third-order valence-corrected chi connectivity index (χ3v) is 5.76. The predicted molar refractivity (Wildman–Crippen MR) is 91.0 cm³/mol. The van der Waals surface area contributed by atoms with Gasteiger partial charge in [-0.2, -0.15) is 0 Å². The van der Waals surface area contributed by atoms with Crippen molar-refractivity contribution < 1.29 is 14.4 Å². The fraction of sp³-hybridized carbons (Fsp3) is 0.632. The highest BCUT2D eigenvalue weighted by molar-refractivity contribution is 5.66. The molecule has 4 rings (SSSR count).